The summed E-state index contributed by atoms with van der Waals surface area (Å²) in [4.78, 5) is 16.6. The number of rotatable bonds is 1. The van der Waals surface area contributed by atoms with E-state index in [2.05, 4.69) is 4.90 Å². The zero-order valence-electron chi connectivity index (χ0n) is 12.0. The third-order valence-corrected chi connectivity index (χ3v) is 4.10. The minimum absolute atomic E-state index is 0.0187. The van der Waals surface area contributed by atoms with Crippen LogP contribution < -0.4 is 0 Å². The van der Waals surface area contributed by atoms with Gasteiger partial charge in [0, 0.05) is 25.6 Å². The van der Waals surface area contributed by atoms with Crippen molar-refractivity contribution >= 4 is 5.91 Å². The number of halogens is 1. The number of benzene rings is 1. The molecule has 114 valence electrons. The highest BCUT2D eigenvalue weighted by atomic mass is 19.1. The Balaban J connectivity index is 1.91. The van der Waals surface area contributed by atoms with Gasteiger partial charge in [-0.05, 0) is 25.2 Å². The third kappa shape index (κ3) is 2.87. The van der Waals surface area contributed by atoms with Gasteiger partial charge in [0.2, 0.25) is 0 Å². The second-order valence-corrected chi connectivity index (χ2v) is 5.90. The first kappa shape index (κ1) is 14.3. The normalized spacial score (nSPS) is 26.5. The van der Waals surface area contributed by atoms with Crippen molar-refractivity contribution in [1.29, 1.82) is 0 Å². The highest BCUT2D eigenvalue weighted by molar-refractivity contribution is 5.97. The highest BCUT2D eigenvalue weighted by Gasteiger charge is 2.35. The number of hydrogen-bond acceptors (Lipinski definition) is 4. The van der Waals surface area contributed by atoms with E-state index in [1.165, 1.54) is 6.07 Å². The average molecular weight is 294 g/mol. The monoisotopic (exact) mass is 294 g/mol. The Morgan fingerprint density at radius 3 is 2.95 bits per heavy atom. The number of carbonyl (C=O) groups is 1. The van der Waals surface area contributed by atoms with Crippen LogP contribution >= 0.6 is 0 Å². The fourth-order valence-electron chi connectivity index (χ4n) is 3.16. The molecule has 6 heteroatoms. The average Bonchev–Trinajstić information content (AvgIpc) is 2.71. The van der Waals surface area contributed by atoms with Crippen LogP contribution in [0.3, 0.4) is 0 Å². The van der Waals surface area contributed by atoms with Gasteiger partial charge in [-0.2, -0.15) is 0 Å². The van der Waals surface area contributed by atoms with Crippen LogP contribution in [0.15, 0.2) is 18.2 Å². The molecule has 2 fully saturated rings. The predicted molar refractivity (Wildman–Crippen MR) is 74.7 cm³/mol. The quantitative estimate of drug-likeness (QED) is 0.837. The van der Waals surface area contributed by atoms with E-state index in [-0.39, 0.29) is 29.2 Å². The molecule has 1 N–H and O–H groups in total. The van der Waals surface area contributed by atoms with E-state index in [1.807, 2.05) is 7.05 Å². The Kier molecular flexibility index (Phi) is 3.82. The number of fused-ring (bicyclic) bond motifs is 3. The topological polar surface area (TPSA) is 53.0 Å². The summed E-state index contributed by atoms with van der Waals surface area (Å²) in [6.07, 6.45) is 0. The SMILES string of the molecule is CN1C[C@@H]2COC[C@H](C1)N(C(=O)c1cc(F)ccc1O)C2. The molecule has 0 aliphatic carbocycles. The van der Waals surface area contributed by atoms with E-state index in [1.54, 1.807) is 4.90 Å². The summed E-state index contributed by atoms with van der Waals surface area (Å²) in [6, 6.07) is 3.38. The summed E-state index contributed by atoms with van der Waals surface area (Å²) in [5, 5.41) is 9.84. The molecular weight excluding hydrogens is 275 g/mol. The fraction of sp³-hybridized carbons (Fsp3) is 0.533. The van der Waals surface area contributed by atoms with Crippen molar-refractivity contribution < 1.29 is 19.0 Å². The second-order valence-electron chi connectivity index (χ2n) is 5.90. The molecule has 5 nitrogen and oxygen atoms in total. The molecule has 1 aromatic carbocycles. The molecule has 0 saturated carbocycles. The van der Waals surface area contributed by atoms with Gasteiger partial charge < -0.3 is 19.6 Å². The van der Waals surface area contributed by atoms with Crippen LogP contribution in [0.4, 0.5) is 4.39 Å². The minimum atomic E-state index is -0.526. The summed E-state index contributed by atoms with van der Waals surface area (Å²) < 4.78 is 19.0. The molecule has 0 aromatic heterocycles. The Morgan fingerprint density at radius 2 is 2.14 bits per heavy atom. The minimum Gasteiger partial charge on any atom is -0.507 e. The van der Waals surface area contributed by atoms with Crippen molar-refractivity contribution in [3.05, 3.63) is 29.6 Å². The molecule has 1 aromatic rings. The Bertz CT molecular complexity index is 552. The van der Waals surface area contributed by atoms with Gasteiger partial charge in [-0.1, -0.05) is 0 Å². The van der Waals surface area contributed by atoms with Crippen molar-refractivity contribution in [2.24, 2.45) is 5.92 Å². The van der Waals surface area contributed by atoms with E-state index < -0.39 is 5.82 Å². The maximum Gasteiger partial charge on any atom is 0.258 e. The van der Waals surface area contributed by atoms with E-state index >= 15 is 0 Å². The summed E-state index contributed by atoms with van der Waals surface area (Å²) in [6.45, 7) is 3.26. The van der Waals surface area contributed by atoms with Gasteiger partial charge in [-0.25, -0.2) is 4.39 Å². The summed E-state index contributed by atoms with van der Waals surface area (Å²) >= 11 is 0. The summed E-state index contributed by atoms with van der Waals surface area (Å²) in [7, 11) is 2.03. The Morgan fingerprint density at radius 1 is 1.33 bits per heavy atom. The van der Waals surface area contributed by atoms with Crippen LogP contribution in [0.25, 0.3) is 0 Å². The first-order valence-corrected chi connectivity index (χ1v) is 7.10. The van der Waals surface area contributed by atoms with Crippen LogP contribution in [-0.4, -0.2) is 66.8 Å². The first-order chi connectivity index (χ1) is 10.0. The molecular formula is C15H19FN2O3. The number of likely N-dealkylation sites (N-methyl/N-ethyl adjacent to an activating group) is 1. The Hall–Kier alpha value is -1.66. The van der Waals surface area contributed by atoms with Gasteiger partial charge in [0.05, 0.1) is 24.8 Å². The maximum absolute atomic E-state index is 13.4. The van der Waals surface area contributed by atoms with Crippen LogP contribution in [0, 0.1) is 11.7 Å². The molecule has 3 rings (SSSR count). The maximum atomic E-state index is 13.4. The Labute approximate surface area is 122 Å². The number of hydrogen-bond donors (Lipinski definition) is 1. The number of ether oxygens (including phenoxy) is 1. The number of phenols is 1. The molecule has 2 atom stereocenters. The van der Waals surface area contributed by atoms with Crippen molar-refractivity contribution in [3.63, 3.8) is 0 Å². The van der Waals surface area contributed by atoms with Crippen molar-refractivity contribution in [2.75, 3.05) is 39.9 Å². The van der Waals surface area contributed by atoms with Crippen LogP contribution in [0.5, 0.6) is 5.75 Å². The summed E-state index contributed by atoms with van der Waals surface area (Å²) in [5.74, 6) is -0.804. The smallest absolute Gasteiger partial charge is 0.258 e. The van der Waals surface area contributed by atoms with Crippen LogP contribution in [-0.2, 0) is 4.74 Å². The number of aromatic hydroxyl groups is 1. The second kappa shape index (κ2) is 5.61. The summed E-state index contributed by atoms with van der Waals surface area (Å²) in [5.41, 5.74) is 0.0187. The van der Waals surface area contributed by atoms with Crippen molar-refractivity contribution in [3.8, 4) is 5.75 Å². The lowest BCUT2D eigenvalue weighted by molar-refractivity contribution is 0.0481. The highest BCUT2D eigenvalue weighted by Crippen LogP contribution is 2.25. The van der Waals surface area contributed by atoms with Crippen LogP contribution in [0.1, 0.15) is 10.4 Å². The number of amides is 1. The van der Waals surface area contributed by atoms with E-state index in [4.69, 9.17) is 4.74 Å². The largest absolute Gasteiger partial charge is 0.507 e. The zero-order valence-corrected chi connectivity index (χ0v) is 12.0. The molecule has 0 spiro atoms. The molecule has 2 saturated heterocycles. The number of nitrogens with zero attached hydrogens (tertiary/aromatic N) is 2. The van der Waals surface area contributed by atoms with Gasteiger partial charge in [-0.3, -0.25) is 4.79 Å². The molecule has 2 aliphatic rings. The number of phenolic OH excluding ortho intramolecular Hbond substituents is 1. The lowest BCUT2D eigenvalue weighted by atomic mass is 10.1. The molecule has 2 heterocycles. The molecule has 0 radical (unpaired) electrons. The van der Waals surface area contributed by atoms with Crippen molar-refractivity contribution in [1.82, 2.24) is 9.80 Å². The van der Waals surface area contributed by atoms with Crippen LogP contribution in [0.2, 0.25) is 0 Å². The van der Waals surface area contributed by atoms with Crippen molar-refractivity contribution in [2.45, 2.75) is 6.04 Å². The van der Waals surface area contributed by atoms with E-state index in [0.29, 0.717) is 19.8 Å². The van der Waals surface area contributed by atoms with Gasteiger partial charge in [0.25, 0.3) is 5.91 Å². The standard InChI is InChI=1S/C15H19FN2O3/c1-17-5-10-6-18(12(7-17)9-21-8-10)15(20)13-4-11(16)2-3-14(13)19/h2-4,10,12,19H,5-9H2,1H3/t10-,12-/m0/s1. The molecule has 1 amide bonds. The lowest BCUT2D eigenvalue weighted by Gasteiger charge is -2.30. The van der Waals surface area contributed by atoms with Gasteiger partial charge >= 0.3 is 0 Å². The third-order valence-electron chi connectivity index (χ3n) is 4.10. The lowest BCUT2D eigenvalue weighted by Crippen LogP contribution is -2.46. The molecule has 0 unspecified atom stereocenters. The van der Waals surface area contributed by atoms with E-state index in [9.17, 15) is 14.3 Å². The van der Waals surface area contributed by atoms with Gasteiger partial charge in [-0.15, -0.1) is 0 Å². The predicted octanol–water partition coefficient (Wildman–Crippen LogP) is 0.934. The zero-order chi connectivity index (χ0) is 15.0. The van der Waals surface area contributed by atoms with Gasteiger partial charge in [0.15, 0.2) is 0 Å². The molecule has 21 heavy (non-hydrogen) atoms. The fourth-order valence-corrected chi connectivity index (χ4v) is 3.16. The first-order valence-electron chi connectivity index (χ1n) is 7.10. The molecule has 2 bridgehead atoms. The van der Waals surface area contributed by atoms with Gasteiger partial charge in [0.1, 0.15) is 11.6 Å². The van der Waals surface area contributed by atoms with E-state index in [0.717, 1.165) is 25.2 Å². The number of carbonyl (C=O) groups excluding carboxylic acids is 1. The molecule has 2 aliphatic heterocycles.